The molecule has 1 heterocycles. The molecule has 4 rings (SSSR count). The molecule has 3 atom stereocenters. The van der Waals surface area contributed by atoms with Gasteiger partial charge in [-0.2, -0.15) is 0 Å². The second-order valence-electron chi connectivity index (χ2n) is 5.73. The Morgan fingerprint density at radius 2 is 1.90 bits per heavy atom. The summed E-state index contributed by atoms with van der Waals surface area (Å²) in [6.45, 7) is 0. The molecule has 21 heavy (non-hydrogen) atoms. The first kappa shape index (κ1) is 13.1. The highest BCUT2D eigenvalue weighted by atomic mass is 79.9. The smallest absolute Gasteiger partial charge is 0.146 e. The third kappa shape index (κ3) is 2.11. The number of anilines is 1. The van der Waals surface area contributed by atoms with Crippen molar-refractivity contribution in [2.24, 2.45) is 5.92 Å². The highest BCUT2D eigenvalue weighted by Gasteiger charge is 2.38. The monoisotopic (exact) mass is 343 g/mol. The minimum Gasteiger partial charge on any atom is -0.375 e. The number of hydrogen-bond donors (Lipinski definition) is 1. The summed E-state index contributed by atoms with van der Waals surface area (Å²) in [6, 6.07) is 13.9. The van der Waals surface area contributed by atoms with Crippen LogP contribution in [0.1, 0.15) is 29.5 Å². The summed E-state index contributed by atoms with van der Waals surface area (Å²) in [5.41, 5.74) is 2.96. The van der Waals surface area contributed by atoms with Crippen molar-refractivity contribution in [2.75, 3.05) is 5.32 Å². The van der Waals surface area contributed by atoms with Gasteiger partial charge in [0, 0.05) is 10.4 Å². The lowest BCUT2D eigenvalue weighted by molar-refractivity contribution is 0.421. The number of allylic oxidation sites excluding steroid dienone is 2. The van der Waals surface area contributed by atoms with Crippen LogP contribution in [-0.4, -0.2) is 0 Å². The van der Waals surface area contributed by atoms with E-state index >= 15 is 0 Å². The minimum atomic E-state index is -0.159. The predicted molar refractivity (Wildman–Crippen MR) is 86.9 cm³/mol. The zero-order chi connectivity index (χ0) is 14.4. The molecule has 1 nitrogen and oxygen atoms in total. The summed E-state index contributed by atoms with van der Waals surface area (Å²) >= 11 is 3.47. The molecule has 0 saturated carbocycles. The molecule has 0 saturated heterocycles. The largest absolute Gasteiger partial charge is 0.375 e. The van der Waals surface area contributed by atoms with Crippen LogP contribution < -0.4 is 5.32 Å². The van der Waals surface area contributed by atoms with Gasteiger partial charge in [0.25, 0.3) is 0 Å². The first-order valence-electron chi connectivity index (χ1n) is 7.21. The molecule has 106 valence electrons. The van der Waals surface area contributed by atoms with Gasteiger partial charge in [-0.3, -0.25) is 0 Å². The van der Waals surface area contributed by atoms with E-state index in [1.807, 2.05) is 18.2 Å². The SMILES string of the molecule is Fc1cccc2c1N[C@@H](c1ccc(Br)cc1)[C@H]1CC=C[C@@H]21. The first-order valence-corrected chi connectivity index (χ1v) is 8.00. The average molecular weight is 344 g/mol. The predicted octanol–water partition coefficient (Wildman–Crippen LogP) is 5.41. The molecule has 1 aliphatic heterocycles. The Labute approximate surface area is 132 Å². The summed E-state index contributed by atoms with van der Waals surface area (Å²) in [6.07, 6.45) is 5.49. The van der Waals surface area contributed by atoms with Gasteiger partial charge in [0.1, 0.15) is 5.82 Å². The van der Waals surface area contributed by atoms with Gasteiger partial charge in [0.15, 0.2) is 0 Å². The van der Waals surface area contributed by atoms with E-state index in [1.54, 1.807) is 6.07 Å². The first-order chi connectivity index (χ1) is 10.2. The highest BCUT2D eigenvalue weighted by molar-refractivity contribution is 9.10. The maximum atomic E-state index is 14.2. The van der Waals surface area contributed by atoms with Gasteiger partial charge >= 0.3 is 0 Å². The molecule has 1 N–H and O–H groups in total. The Hall–Kier alpha value is -1.61. The lowest BCUT2D eigenvalue weighted by Crippen LogP contribution is -2.29. The molecule has 2 aromatic carbocycles. The molecule has 0 aromatic heterocycles. The van der Waals surface area contributed by atoms with Crippen LogP contribution in [0.5, 0.6) is 0 Å². The lowest BCUT2D eigenvalue weighted by Gasteiger charge is -2.37. The van der Waals surface area contributed by atoms with E-state index in [1.165, 1.54) is 11.6 Å². The van der Waals surface area contributed by atoms with Gasteiger partial charge in [-0.05, 0) is 41.7 Å². The van der Waals surface area contributed by atoms with E-state index in [4.69, 9.17) is 0 Å². The summed E-state index contributed by atoms with van der Waals surface area (Å²) in [4.78, 5) is 0. The maximum absolute atomic E-state index is 14.2. The van der Waals surface area contributed by atoms with E-state index in [0.717, 1.165) is 16.5 Å². The van der Waals surface area contributed by atoms with Gasteiger partial charge in [0.2, 0.25) is 0 Å². The number of rotatable bonds is 1. The van der Waals surface area contributed by atoms with E-state index in [-0.39, 0.29) is 11.9 Å². The van der Waals surface area contributed by atoms with E-state index in [0.29, 0.717) is 17.5 Å². The number of para-hydroxylation sites is 1. The van der Waals surface area contributed by atoms with Gasteiger partial charge in [0.05, 0.1) is 11.7 Å². The third-order valence-corrected chi connectivity index (χ3v) is 5.10. The molecule has 3 heteroatoms. The van der Waals surface area contributed by atoms with Crippen LogP contribution in [0.4, 0.5) is 10.1 Å². The van der Waals surface area contributed by atoms with E-state index < -0.39 is 0 Å². The van der Waals surface area contributed by atoms with Crippen molar-refractivity contribution in [1.82, 2.24) is 0 Å². The van der Waals surface area contributed by atoms with E-state index in [9.17, 15) is 4.39 Å². The fourth-order valence-electron chi connectivity index (χ4n) is 3.58. The average Bonchev–Trinajstić information content (AvgIpc) is 2.98. The Morgan fingerprint density at radius 1 is 1.10 bits per heavy atom. The minimum absolute atomic E-state index is 0.155. The van der Waals surface area contributed by atoms with Crippen LogP contribution in [0.15, 0.2) is 59.1 Å². The van der Waals surface area contributed by atoms with Crippen LogP contribution >= 0.6 is 15.9 Å². The van der Waals surface area contributed by atoms with Crippen LogP contribution in [0, 0.1) is 11.7 Å². The third-order valence-electron chi connectivity index (χ3n) is 4.58. The fraction of sp³-hybridized carbons (Fsp3) is 0.222. The Balaban J connectivity index is 1.81. The molecular formula is C18H15BrFN. The highest BCUT2D eigenvalue weighted by Crippen LogP contribution is 2.50. The number of fused-ring (bicyclic) bond motifs is 3. The van der Waals surface area contributed by atoms with Crippen molar-refractivity contribution in [3.05, 3.63) is 76.0 Å². The van der Waals surface area contributed by atoms with Crippen molar-refractivity contribution in [3.63, 3.8) is 0 Å². The molecule has 0 bridgehead atoms. The second kappa shape index (κ2) is 4.99. The quantitative estimate of drug-likeness (QED) is 0.682. The number of hydrogen-bond acceptors (Lipinski definition) is 1. The normalized spacial score (nSPS) is 26.1. The van der Waals surface area contributed by atoms with Crippen molar-refractivity contribution < 1.29 is 4.39 Å². The lowest BCUT2D eigenvalue weighted by atomic mass is 9.77. The molecule has 2 aliphatic rings. The van der Waals surface area contributed by atoms with Crippen LogP contribution in [-0.2, 0) is 0 Å². The second-order valence-corrected chi connectivity index (χ2v) is 6.65. The Morgan fingerprint density at radius 3 is 2.71 bits per heavy atom. The molecule has 0 fully saturated rings. The van der Waals surface area contributed by atoms with Crippen molar-refractivity contribution in [2.45, 2.75) is 18.4 Å². The number of benzene rings is 2. The summed E-state index contributed by atoms with van der Waals surface area (Å²) < 4.78 is 15.3. The summed E-state index contributed by atoms with van der Waals surface area (Å²) in [5, 5.41) is 3.44. The van der Waals surface area contributed by atoms with Gasteiger partial charge in [-0.1, -0.05) is 52.3 Å². The molecule has 0 spiro atoms. The van der Waals surface area contributed by atoms with Crippen LogP contribution in [0.2, 0.25) is 0 Å². The van der Waals surface area contributed by atoms with Crippen LogP contribution in [0.3, 0.4) is 0 Å². The number of halogens is 2. The molecule has 0 radical (unpaired) electrons. The van der Waals surface area contributed by atoms with Gasteiger partial charge in [-0.25, -0.2) is 4.39 Å². The fourth-order valence-corrected chi connectivity index (χ4v) is 3.85. The Bertz CT molecular complexity index is 708. The summed E-state index contributed by atoms with van der Waals surface area (Å²) in [5.74, 6) is 0.611. The zero-order valence-electron chi connectivity index (χ0n) is 11.4. The maximum Gasteiger partial charge on any atom is 0.146 e. The molecular weight excluding hydrogens is 329 g/mol. The standard InChI is InChI=1S/C18H15BrFN/c19-12-9-7-11(8-10-12)17-14-4-1-3-13(14)15-5-2-6-16(20)18(15)21-17/h1-3,5-10,13-14,17,21H,4H2/t13-,14+,17+/m1/s1. The number of nitrogens with one attached hydrogen (secondary N) is 1. The molecule has 0 amide bonds. The molecule has 2 aromatic rings. The molecule has 0 unspecified atom stereocenters. The zero-order valence-corrected chi connectivity index (χ0v) is 13.0. The van der Waals surface area contributed by atoms with Gasteiger partial charge < -0.3 is 5.32 Å². The Kier molecular flexibility index (Phi) is 3.11. The van der Waals surface area contributed by atoms with Crippen LogP contribution in [0.25, 0.3) is 0 Å². The molecule has 1 aliphatic carbocycles. The van der Waals surface area contributed by atoms with Crippen molar-refractivity contribution >= 4 is 21.6 Å². The topological polar surface area (TPSA) is 12.0 Å². The van der Waals surface area contributed by atoms with Gasteiger partial charge in [-0.15, -0.1) is 0 Å². The van der Waals surface area contributed by atoms with E-state index in [2.05, 4.69) is 45.5 Å². The summed E-state index contributed by atoms with van der Waals surface area (Å²) in [7, 11) is 0. The van der Waals surface area contributed by atoms with Crippen molar-refractivity contribution in [3.8, 4) is 0 Å². The van der Waals surface area contributed by atoms with Crippen molar-refractivity contribution in [1.29, 1.82) is 0 Å².